The molecule has 0 radical (unpaired) electrons. The molecule has 23 heavy (non-hydrogen) atoms. The largest absolute Gasteiger partial charge is 0.325 e. The van der Waals surface area contributed by atoms with Crippen LogP contribution in [0.15, 0.2) is 54.6 Å². The molecule has 116 valence electrons. The highest BCUT2D eigenvalue weighted by molar-refractivity contribution is 6.07. The summed E-state index contributed by atoms with van der Waals surface area (Å²) < 4.78 is 0. The van der Waals surface area contributed by atoms with E-state index >= 15 is 0 Å². The maximum atomic E-state index is 12.0. The molecule has 0 spiro atoms. The summed E-state index contributed by atoms with van der Waals surface area (Å²) in [4.78, 5) is 23.9. The summed E-state index contributed by atoms with van der Waals surface area (Å²) in [5.41, 5.74) is 2.78. The molecule has 0 atom stereocenters. The van der Waals surface area contributed by atoms with Gasteiger partial charge >= 0.3 is 0 Å². The van der Waals surface area contributed by atoms with Gasteiger partial charge in [0.2, 0.25) is 11.8 Å². The molecule has 0 saturated heterocycles. The van der Waals surface area contributed by atoms with Gasteiger partial charge in [0.1, 0.15) is 0 Å². The van der Waals surface area contributed by atoms with Gasteiger partial charge in [-0.2, -0.15) is 0 Å². The Morgan fingerprint density at radius 3 is 2.61 bits per heavy atom. The first-order valence-electron chi connectivity index (χ1n) is 7.47. The summed E-state index contributed by atoms with van der Waals surface area (Å²) >= 11 is 0. The standard InChI is InChI=1S/C19H18N2O2/c1-19(2)15-10-9-14(12-16(15)21-18(19)23)20-17(22)11-8-13-6-4-3-5-7-13/h3-12H,1-2H3,(H,20,22)(H,21,23)/b11-8+. The monoisotopic (exact) mass is 306 g/mol. The molecular formula is C19H18N2O2. The number of benzene rings is 2. The number of nitrogens with one attached hydrogen (secondary N) is 2. The molecule has 3 rings (SSSR count). The lowest BCUT2D eigenvalue weighted by molar-refractivity contribution is -0.119. The van der Waals surface area contributed by atoms with Gasteiger partial charge in [0.25, 0.3) is 0 Å². The van der Waals surface area contributed by atoms with Gasteiger partial charge in [-0.25, -0.2) is 0 Å². The number of rotatable bonds is 3. The molecule has 0 aliphatic carbocycles. The fourth-order valence-electron chi connectivity index (χ4n) is 2.59. The van der Waals surface area contributed by atoms with Crippen LogP contribution in [0, 0.1) is 0 Å². The van der Waals surface area contributed by atoms with E-state index in [1.54, 1.807) is 12.1 Å². The summed E-state index contributed by atoms with van der Waals surface area (Å²) in [6.07, 6.45) is 3.25. The summed E-state index contributed by atoms with van der Waals surface area (Å²) in [5, 5.41) is 5.66. The van der Waals surface area contributed by atoms with Crippen LogP contribution in [0.2, 0.25) is 0 Å². The number of fused-ring (bicyclic) bond motifs is 1. The van der Waals surface area contributed by atoms with Crippen molar-refractivity contribution in [2.45, 2.75) is 19.3 Å². The molecule has 4 nitrogen and oxygen atoms in total. The second-order valence-electron chi connectivity index (χ2n) is 6.07. The summed E-state index contributed by atoms with van der Waals surface area (Å²) in [6, 6.07) is 15.1. The quantitative estimate of drug-likeness (QED) is 0.852. The number of carbonyl (C=O) groups excluding carboxylic acids is 2. The predicted molar refractivity (Wildman–Crippen MR) is 92.2 cm³/mol. The Morgan fingerprint density at radius 2 is 1.87 bits per heavy atom. The van der Waals surface area contributed by atoms with Crippen molar-refractivity contribution in [2.24, 2.45) is 0 Å². The first kappa shape index (κ1) is 15.0. The molecule has 1 heterocycles. The number of hydrogen-bond acceptors (Lipinski definition) is 2. The first-order valence-corrected chi connectivity index (χ1v) is 7.47. The number of hydrogen-bond donors (Lipinski definition) is 2. The van der Waals surface area contributed by atoms with Crippen molar-refractivity contribution in [3.05, 3.63) is 65.7 Å². The van der Waals surface area contributed by atoms with E-state index in [-0.39, 0.29) is 11.8 Å². The minimum atomic E-state index is -0.537. The van der Waals surface area contributed by atoms with Crippen LogP contribution in [-0.2, 0) is 15.0 Å². The van der Waals surface area contributed by atoms with Gasteiger partial charge in [-0.05, 0) is 43.2 Å². The van der Waals surface area contributed by atoms with E-state index in [1.807, 2.05) is 56.3 Å². The van der Waals surface area contributed by atoms with Gasteiger partial charge in [-0.15, -0.1) is 0 Å². The molecule has 0 aromatic heterocycles. The fraction of sp³-hybridized carbons (Fsp3) is 0.158. The van der Waals surface area contributed by atoms with Crippen molar-refractivity contribution in [1.82, 2.24) is 0 Å². The first-order chi connectivity index (χ1) is 11.0. The number of carbonyl (C=O) groups is 2. The van der Waals surface area contributed by atoms with Crippen molar-refractivity contribution in [3.8, 4) is 0 Å². The molecule has 0 bridgehead atoms. The van der Waals surface area contributed by atoms with Crippen LogP contribution < -0.4 is 10.6 Å². The van der Waals surface area contributed by atoms with Crippen molar-refractivity contribution in [2.75, 3.05) is 10.6 Å². The summed E-state index contributed by atoms with van der Waals surface area (Å²) in [7, 11) is 0. The zero-order chi connectivity index (χ0) is 16.4. The topological polar surface area (TPSA) is 58.2 Å². The Bertz CT molecular complexity index is 792. The third kappa shape index (κ3) is 3.01. The Hall–Kier alpha value is -2.88. The van der Waals surface area contributed by atoms with Crippen molar-refractivity contribution >= 4 is 29.3 Å². The number of anilines is 2. The van der Waals surface area contributed by atoms with E-state index in [9.17, 15) is 9.59 Å². The molecule has 0 fully saturated rings. The second kappa shape index (κ2) is 5.72. The summed E-state index contributed by atoms with van der Waals surface area (Å²) in [6.45, 7) is 3.77. The van der Waals surface area contributed by atoms with Gasteiger partial charge in [-0.3, -0.25) is 9.59 Å². The fourth-order valence-corrected chi connectivity index (χ4v) is 2.59. The Balaban J connectivity index is 1.72. The van der Waals surface area contributed by atoms with Gasteiger partial charge in [0, 0.05) is 17.5 Å². The third-order valence-corrected chi connectivity index (χ3v) is 4.00. The highest BCUT2D eigenvalue weighted by Crippen LogP contribution is 2.38. The van der Waals surface area contributed by atoms with Gasteiger partial charge in [0.05, 0.1) is 5.41 Å². The van der Waals surface area contributed by atoms with E-state index in [0.29, 0.717) is 5.69 Å². The molecule has 2 amide bonds. The highest BCUT2D eigenvalue weighted by atomic mass is 16.2. The lowest BCUT2D eigenvalue weighted by Crippen LogP contribution is -2.26. The van der Waals surface area contributed by atoms with E-state index in [0.717, 1.165) is 16.8 Å². The highest BCUT2D eigenvalue weighted by Gasteiger charge is 2.38. The maximum absolute atomic E-state index is 12.0. The SMILES string of the molecule is CC1(C)C(=O)Nc2cc(NC(=O)/C=C/c3ccccc3)ccc21. The van der Waals surface area contributed by atoms with Crippen LogP contribution >= 0.6 is 0 Å². The van der Waals surface area contributed by atoms with E-state index in [4.69, 9.17) is 0 Å². The smallest absolute Gasteiger partial charge is 0.248 e. The third-order valence-electron chi connectivity index (χ3n) is 4.00. The minimum absolute atomic E-state index is 0.0278. The molecule has 0 saturated carbocycles. The summed E-state index contributed by atoms with van der Waals surface area (Å²) in [5.74, 6) is -0.239. The normalized spacial score (nSPS) is 15.3. The van der Waals surface area contributed by atoms with Crippen LogP contribution in [0.25, 0.3) is 6.08 Å². The van der Waals surface area contributed by atoms with Gasteiger partial charge in [-0.1, -0.05) is 36.4 Å². The van der Waals surface area contributed by atoms with Crippen molar-refractivity contribution in [3.63, 3.8) is 0 Å². The van der Waals surface area contributed by atoms with Crippen LogP contribution in [0.5, 0.6) is 0 Å². The Morgan fingerprint density at radius 1 is 1.13 bits per heavy atom. The maximum Gasteiger partial charge on any atom is 0.248 e. The Kier molecular flexibility index (Phi) is 3.74. The molecule has 1 aliphatic rings. The molecule has 4 heteroatoms. The molecular weight excluding hydrogens is 288 g/mol. The molecule has 1 aliphatic heterocycles. The van der Waals surface area contributed by atoms with Gasteiger partial charge in [0.15, 0.2) is 0 Å². The van der Waals surface area contributed by atoms with Crippen LogP contribution in [-0.4, -0.2) is 11.8 Å². The second-order valence-corrected chi connectivity index (χ2v) is 6.07. The lowest BCUT2D eigenvalue weighted by atomic mass is 9.86. The molecule has 2 aromatic rings. The molecule has 2 aromatic carbocycles. The molecule has 2 N–H and O–H groups in total. The van der Waals surface area contributed by atoms with Crippen molar-refractivity contribution < 1.29 is 9.59 Å². The lowest BCUT2D eigenvalue weighted by Gasteiger charge is -2.15. The van der Waals surface area contributed by atoms with Crippen molar-refractivity contribution in [1.29, 1.82) is 0 Å². The average Bonchev–Trinajstić information content (AvgIpc) is 2.75. The zero-order valence-corrected chi connectivity index (χ0v) is 13.1. The van der Waals surface area contributed by atoms with E-state index in [2.05, 4.69) is 10.6 Å². The van der Waals surface area contributed by atoms with E-state index in [1.165, 1.54) is 6.08 Å². The predicted octanol–water partition coefficient (Wildman–Crippen LogP) is 3.57. The van der Waals surface area contributed by atoms with E-state index < -0.39 is 5.41 Å². The average molecular weight is 306 g/mol. The minimum Gasteiger partial charge on any atom is -0.325 e. The molecule has 0 unspecified atom stereocenters. The van der Waals surface area contributed by atoms with Gasteiger partial charge < -0.3 is 10.6 Å². The zero-order valence-electron chi connectivity index (χ0n) is 13.1. The number of amides is 2. The van der Waals surface area contributed by atoms with Crippen LogP contribution in [0.1, 0.15) is 25.0 Å². The van der Waals surface area contributed by atoms with Crippen LogP contribution in [0.4, 0.5) is 11.4 Å². The van der Waals surface area contributed by atoms with Crippen LogP contribution in [0.3, 0.4) is 0 Å². The Labute approximate surface area is 135 Å².